The summed E-state index contributed by atoms with van der Waals surface area (Å²) >= 11 is 0. The first-order valence-electron chi connectivity index (χ1n) is 7.82. The summed E-state index contributed by atoms with van der Waals surface area (Å²) in [6.45, 7) is 6.63. The number of hydrogen-bond acceptors (Lipinski definition) is 1. The molecule has 1 saturated carbocycles. The Morgan fingerprint density at radius 3 is 2.55 bits per heavy atom. The third-order valence-electron chi connectivity index (χ3n) is 4.55. The second kappa shape index (κ2) is 5.43. The van der Waals surface area contributed by atoms with Crippen LogP contribution < -0.4 is 0 Å². The van der Waals surface area contributed by atoms with Crippen LogP contribution in [-0.2, 0) is 0 Å². The predicted molar refractivity (Wildman–Crippen MR) is 85.1 cm³/mol. The van der Waals surface area contributed by atoms with Crippen molar-refractivity contribution in [2.75, 3.05) is 0 Å². The summed E-state index contributed by atoms with van der Waals surface area (Å²) in [5.41, 5.74) is 4.24. The van der Waals surface area contributed by atoms with E-state index in [9.17, 15) is 0 Å². The van der Waals surface area contributed by atoms with E-state index in [4.69, 9.17) is 5.10 Å². The molecule has 0 unspecified atom stereocenters. The zero-order chi connectivity index (χ0) is 14.1. The number of nitrogens with zero attached hydrogens (tertiary/aromatic N) is 2. The number of hydrogen-bond donors (Lipinski definition) is 0. The quantitative estimate of drug-likeness (QED) is 0.683. The van der Waals surface area contributed by atoms with E-state index in [0.717, 1.165) is 5.52 Å². The van der Waals surface area contributed by atoms with Gasteiger partial charge in [-0.1, -0.05) is 29.8 Å². The van der Waals surface area contributed by atoms with Gasteiger partial charge in [0, 0.05) is 23.0 Å². The fourth-order valence-electron chi connectivity index (χ4n) is 3.42. The van der Waals surface area contributed by atoms with Crippen LogP contribution >= 0.6 is 0 Å². The monoisotopic (exact) mass is 268 g/mol. The molecule has 1 aromatic carbocycles. The molecule has 1 heterocycles. The average Bonchev–Trinajstić information content (AvgIpc) is 2.87. The van der Waals surface area contributed by atoms with Crippen LogP contribution in [0, 0.1) is 0 Å². The summed E-state index contributed by atoms with van der Waals surface area (Å²) < 4.78 is 2.26. The van der Waals surface area contributed by atoms with E-state index in [2.05, 4.69) is 55.8 Å². The highest BCUT2D eigenvalue weighted by atomic mass is 15.3. The van der Waals surface area contributed by atoms with Crippen LogP contribution in [-0.4, -0.2) is 9.78 Å². The Bertz CT molecular complexity index is 624. The van der Waals surface area contributed by atoms with Gasteiger partial charge in [-0.05, 0) is 52.5 Å². The Hall–Kier alpha value is -1.57. The molecule has 2 aromatic rings. The number of aromatic nitrogens is 2. The third-order valence-corrected chi connectivity index (χ3v) is 4.55. The van der Waals surface area contributed by atoms with Crippen molar-refractivity contribution >= 4 is 10.9 Å². The van der Waals surface area contributed by atoms with Gasteiger partial charge in [-0.25, -0.2) is 0 Å². The Morgan fingerprint density at radius 1 is 1.20 bits per heavy atom. The van der Waals surface area contributed by atoms with Gasteiger partial charge in [0.2, 0.25) is 0 Å². The van der Waals surface area contributed by atoms with Crippen LogP contribution in [0.4, 0.5) is 0 Å². The van der Waals surface area contributed by atoms with Gasteiger partial charge in [0.25, 0.3) is 0 Å². The molecule has 1 aliphatic rings. The third kappa shape index (κ3) is 2.28. The summed E-state index contributed by atoms with van der Waals surface area (Å²) in [6, 6.07) is 9.03. The zero-order valence-electron chi connectivity index (χ0n) is 12.8. The summed E-state index contributed by atoms with van der Waals surface area (Å²) in [7, 11) is 0. The molecule has 0 bridgehead atoms. The summed E-state index contributed by atoms with van der Waals surface area (Å²) in [5.74, 6) is 0.661. The van der Waals surface area contributed by atoms with Crippen molar-refractivity contribution in [3.8, 4) is 0 Å². The van der Waals surface area contributed by atoms with Crippen molar-refractivity contribution in [3.63, 3.8) is 0 Å². The molecular weight excluding hydrogens is 244 g/mol. The molecule has 1 aromatic heterocycles. The predicted octanol–water partition coefficient (Wildman–Crippen LogP) is 5.22. The number of rotatable bonds is 2. The highest BCUT2D eigenvalue weighted by molar-refractivity contribution is 5.82. The maximum atomic E-state index is 4.83. The first-order chi connectivity index (χ1) is 9.70. The molecule has 0 N–H and O–H groups in total. The van der Waals surface area contributed by atoms with Crippen LogP contribution in [0.1, 0.15) is 64.1 Å². The highest BCUT2D eigenvalue weighted by Crippen LogP contribution is 2.39. The standard InChI is InChI=1S/C18H24N2/c1-4-14-9-11-15(12-10-14)18-16-7-5-6-8-17(16)19-20(18)13(2)3/h4-8,13,15H,9-12H2,1-3H3. The summed E-state index contributed by atoms with van der Waals surface area (Å²) in [4.78, 5) is 0. The van der Waals surface area contributed by atoms with Crippen molar-refractivity contribution in [2.24, 2.45) is 0 Å². The molecule has 20 heavy (non-hydrogen) atoms. The van der Waals surface area contributed by atoms with Gasteiger partial charge in [-0.3, -0.25) is 4.68 Å². The lowest BCUT2D eigenvalue weighted by molar-refractivity contribution is 0.442. The van der Waals surface area contributed by atoms with Crippen LogP contribution in [0.3, 0.4) is 0 Å². The van der Waals surface area contributed by atoms with Crippen LogP contribution in [0.25, 0.3) is 10.9 Å². The molecule has 106 valence electrons. The highest BCUT2D eigenvalue weighted by Gasteiger charge is 2.24. The van der Waals surface area contributed by atoms with Crippen molar-refractivity contribution in [2.45, 2.75) is 58.4 Å². The van der Waals surface area contributed by atoms with E-state index < -0.39 is 0 Å². The largest absolute Gasteiger partial charge is 0.266 e. The Kier molecular flexibility index (Phi) is 3.64. The topological polar surface area (TPSA) is 17.8 Å². The second-order valence-corrected chi connectivity index (χ2v) is 6.16. The Labute approximate surface area is 121 Å². The van der Waals surface area contributed by atoms with Gasteiger partial charge in [0.15, 0.2) is 0 Å². The van der Waals surface area contributed by atoms with Gasteiger partial charge in [0.05, 0.1) is 5.52 Å². The zero-order valence-corrected chi connectivity index (χ0v) is 12.8. The molecule has 2 nitrogen and oxygen atoms in total. The molecule has 0 saturated heterocycles. The first kappa shape index (κ1) is 13.4. The first-order valence-corrected chi connectivity index (χ1v) is 7.82. The molecule has 3 rings (SSSR count). The normalized spacial score (nSPS) is 19.8. The lowest BCUT2D eigenvalue weighted by Crippen LogP contribution is -2.14. The van der Waals surface area contributed by atoms with Crippen LogP contribution in [0.5, 0.6) is 0 Å². The lowest BCUT2D eigenvalue weighted by Gasteiger charge is -2.26. The maximum absolute atomic E-state index is 4.83. The molecule has 0 radical (unpaired) electrons. The number of benzene rings is 1. The van der Waals surface area contributed by atoms with Gasteiger partial charge in [-0.2, -0.15) is 5.10 Å². The van der Waals surface area contributed by atoms with E-state index in [1.807, 2.05) is 0 Å². The Morgan fingerprint density at radius 2 is 1.90 bits per heavy atom. The minimum atomic E-state index is 0.431. The van der Waals surface area contributed by atoms with E-state index in [-0.39, 0.29) is 0 Å². The van der Waals surface area contributed by atoms with Gasteiger partial charge >= 0.3 is 0 Å². The smallest absolute Gasteiger partial charge is 0.0926 e. The van der Waals surface area contributed by atoms with Gasteiger partial charge in [0.1, 0.15) is 0 Å². The maximum Gasteiger partial charge on any atom is 0.0926 e. The molecule has 0 amide bonds. The number of fused-ring (bicyclic) bond motifs is 1. The van der Waals surface area contributed by atoms with E-state index in [0.29, 0.717) is 12.0 Å². The summed E-state index contributed by atoms with van der Waals surface area (Å²) in [6.07, 6.45) is 7.33. The minimum Gasteiger partial charge on any atom is -0.266 e. The van der Waals surface area contributed by atoms with E-state index >= 15 is 0 Å². The summed E-state index contributed by atoms with van der Waals surface area (Å²) in [5, 5.41) is 6.19. The minimum absolute atomic E-state index is 0.431. The fraction of sp³-hybridized carbons (Fsp3) is 0.500. The lowest BCUT2D eigenvalue weighted by atomic mass is 9.82. The van der Waals surface area contributed by atoms with Crippen molar-refractivity contribution in [1.82, 2.24) is 9.78 Å². The van der Waals surface area contributed by atoms with E-state index in [1.165, 1.54) is 36.8 Å². The second-order valence-electron chi connectivity index (χ2n) is 6.16. The molecule has 0 spiro atoms. The number of allylic oxidation sites excluding steroid dienone is 2. The van der Waals surface area contributed by atoms with Crippen molar-refractivity contribution < 1.29 is 0 Å². The SMILES string of the molecule is CC=C1CCC(c2c3ccccc3nn2C(C)C)CC1. The molecule has 0 atom stereocenters. The van der Waals surface area contributed by atoms with Crippen molar-refractivity contribution in [3.05, 3.63) is 41.6 Å². The van der Waals surface area contributed by atoms with Gasteiger partial charge in [-0.15, -0.1) is 0 Å². The van der Waals surface area contributed by atoms with Crippen molar-refractivity contribution in [1.29, 1.82) is 0 Å². The van der Waals surface area contributed by atoms with Crippen LogP contribution in [0.15, 0.2) is 35.9 Å². The molecule has 0 aliphatic heterocycles. The van der Waals surface area contributed by atoms with Gasteiger partial charge < -0.3 is 0 Å². The fourth-order valence-corrected chi connectivity index (χ4v) is 3.42. The molecular formula is C18H24N2. The van der Waals surface area contributed by atoms with E-state index in [1.54, 1.807) is 5.57 Å². The molecule has 1 fully saturated rings. The average molecular weight is 268 g/mol. The molecule has 1 aliphatic carbocycles. The molecule has 2 heteroatoms. The Balaban J connectivity index is 2.03. The van der Waals surface area contributed by atoms with Crippen LogP contribution in [0.2, 0.25) is 0 Å².